The first-order valence-corrected chi connectivity index (χ1v) is 3.41. The molecule has 0 fully saturated rings. The van der Waals surface area contributed by atoms with Crippen LogP contribution in [0.15, 0.2) is 12.5 Å². The minimum atomic E-state index is 0.779. The molecular weight excluding hydrogens is 140 g/mol. The van der Waals surface area contributed by atoms with Crippen LogP contribution < -0.4 is 0 Å². The second-order valence-electron chi connectivity index (χ2n) is 2.50. The molecule has 2 aromatic heterocycles. The van der Waals surface area contributed by atoms with Crippen LogP contribution in [0.4, 0.5) is 0 Å². The third-order valence-corrected chi connectivity index (χ3v) is 1.53. The fourth-order valence-electron chi connectivity index (χ4n) is 1.05. The maximum atomic E-state index is 4.22. The smallest absolute Gasteiger partial charge is 0.161 e. The first-order valence-electron chi connectivity index (χ1n) is 3.41. The Morgan fingerprint density at radius 2 is 2.18 bits per heavy atom. The number of fused-ring (bicyclic) bond motifs is 1. The van der Waals surface area contributed by atoms with Crippen molar-refractivity contribution in [1.29, 1.82) is 0 Å². The average molecular weight is 148 g/mol. The van der Waals surface area contributed by atoms with Crippen molar-refractivity contribution in [3.05, 3.63) is 23.9 Å². The summed E-state index contributed by atoms with van der Waals surface area (Å²) < 4.78 is 1.69. The average Bonchev–Trinajstić information content (AvgIpc) is 2.31. The molecule has 0 atom stereocenters. The summed E-state index contributed by atoms with van der Waals surface area (Å²) in [6, 6.07) is 0. The van der Waals surface area contributed by atoms with Crippen LogP contribution in [0.2, 0.25) is 0 Å². The highest BCUT2D eigenvalue weighted by molar-refractivity contribution is 5.43. The maximum absolute atomic E-state index is 4.22. The van der Waals surface area contributed by atoms with Gasteiger partial charge in [-0.25, -0.2) is 14.5 Å². The SMILES string of the molecule is Cc1nc2c(C)cncn2n1. The molecule has 0 aliphatic carbocycles. The molecule has 0 aliphatic heterocycles. The second kappa shape index (κ2) is 2.02. The van der Waals surface area contributed by atoms with Gasteiger partial charge in [-0.05, 0) is 13.8 Å². The third-order valence-electron chi connectivity index (χ3n) is 1.53. The summed E-state index contributed by atoms with van der Waals surface area (Å²) in [5.74, 6) is 0.779. The number of aromatic nitrogens is 4. The van der Waals surface area contributed by atoms with Crippen LogP contribution in [0, 0.1) is 13.8 Å². The van der Waals surface area contributed by atoms with Crippen molar-refractivity contribution in [3.8, 4) is 0 Å². The van der Waals surface area contributed by atoms with E-state index in [9.17, 15) is 0 Å². The second-order valence-corrected chi connectivity index (χ2v) is 2.50. The van der Waals surface area contributed by atoms with Gasteiger partial charge in [-0.3, -0.25) is 0 Å². The Bertz CT molecular complexity index is 390. The molecule has 0 radical (unpaired) electrons. The lowest BCUT2D eigenvalue weighted by Crippen LogP contribution is -1.90. The van der Waals surface area contributed by atoms with Crippen molar-refractivity contribution < 1.29 is 0 Å². The van der Waals surface area contributed by atoms with E-state index in [4.69, 9.17) is 0 Å². The van der Waals surface area contributed by atoms with Gasteiger partial charge in [-0.2, -0.15) is 5.10 Å². The number of hydrogen-bond donors (Lipinski definition) is 0. The van der Waals surface area contributed by atoms with Crippen molar-refractivity contribution in [2.45, 2.75) is 13.8 Å². The number of aryl methyl sites for hydroxylation is 2. The predicted molar refractivity (Wildman–Crippen MR) is 40.3 cm³/mol. The molecule has 0 bridgehead atoms. The molecule has 11 heavy (non-hydrogen) atoms. The Morgan fingerprint density at radius 1 is 1.36 bits per heavy atom. The molecule has 2 aromatic rings. The lowest BCUT2D eigenvalue weighted by atomic mass is 10.4. The first-order chi connectivity index (χ1) is 5.27. The van der Waals surface area contributed by atoms with Gasteiger partial charge in [0.05, 0.1) is 0 Å². The zero-order valence-corrected chi connectivity index (χ0v) is 6.44. The zero-order valence-electron chi connectivity index (χ0n) is 6.44. The van der Waals surface area contributed by atoms with Gasteiger partial charge in [0.1, 0.15) is 12.2 Å². The summed E-state index contributed by atoms with van der Waals surface area (Å²) in [6.45, 7) is 3.84. The fourth-order valence-corrected chi connectivity index (χ4v) is 1.05. The fraction of sp³-hybridized carbons (Fsp3) is 0.286. The van der Waals surface area contributed by atoms with Crippen molar-refractivity contribution >= 4 is 5.65 Å². The maximum Gasteiger partial charge on any atom is 0.161 e. The van der Waals surface area contributed by atoms with Gasteiger partial charge < -0.3 is 0 Å². The molecule has 0 spiro atoms. The molecule has 2 rings (SSSR count). The largest absolute Gasteiger partial charge is 0.244 e. The van der Waals surface area contributed by atoms with Gasteiger partial charge in [0, 0.05) is 11.8 Å². The summed E-state index contributed by atoms with van der Waals surface area (Å²) >= 11 is 0. The number of hydrogen-bond acceptors (Lipinski definition) is 3. The van der Waals surface area contributed by atoms with Gasteiger partial charge in [0.15, 0.2) is 5.65 Å². The van der Waals surface area contributed by atoms with Crippen LogP contribution in [0.25, 0.3) is 5.65 Å². The monoisotopic (exact) mass is 148 g/mol. The summed E-state index contributed by atoms with van der Waals surface area (Å²) in [7, 11) is 0. The van der Waals surface area contributed by atoms with E-state index in [-0.39, 0.29) is 0 Å². The van der Waals surface area contributed by atoms with Crippen LogP contribution in [0.1, 0.15) is 11.4 Å². The molecule has 0 unspecified atom stereocenters. The lowest BCUT2D eigenvalue weighted by Gasteiger charge is -1.91. The van der Waals surface area contributed by atoms with Gasteiger partial charge in [0.2, 0.25) is 0 Å². The van der Waals surface area contributed by atoms with Crippen LogP contribution in [0.3, 0.4) is 0 Å². The first kappa shape index (κ1) is 6.27. The Hall–Kier alpha value is -1.45. The van der Waals surface area contributed by atoms with E-state index >= 15 is 0 Å². The van der Waals surface area contributed by atoms with E-state index in [0.29, 0.717) is 0 Å². The van der Waals surface area contributed by atoms with E-state index in [1.165, 1.54) is 0 Å². The van der Waals surface area contributed by atoms with Crippen LogP contribution in [-0.2, 0) is 0 Å². The highest BCUT2D eigenvalue weighted by Gasteiger charge is 2.00. The van der Waals surface area contributed by atoms with E-state index < -0.39 is 0 Å². The molecule has 0 aromatic carbocycles. The van der Waals surface area contributed by atoms with Gasteiger partial charge >= 0.3 is 0 Å². The minimum absolute atomic E-state index is 0.779. The van der Waals surface area contributed by atoms with Crippen LogP contribution >= 0.6 is 0 Å². The predicted octanol–water partition coefficient (Wildman–Crippen LogP) is 0.741. The van der Waals surface area contributed by atoms with Gasteiger partial charge in [-0.1, -0.05) is 0 Å². The highest BCUT2D eigenvalue weighted by Crippen LogP contribution is 2.03. The Morgan fingerprint density at radius 3 is 2.91 bits per heavy atom. The standard InChI is InChI=1S/C7H8N4/c1-5-3-8-4-11-7(5)9-6(2)10-11/h3-4H,1-2H3. The molecular formula is C7H8N4. The number of rotatable bonds is 0. The molecule has 2 heterocycles. The van der Waals surface area contributed by atoms with E-state index in [2.05, 4.69) is 15.1 Å². The third kappa shape index (κ3) is 0.869. The molecule has 4 nitrogen and oxygen atoms in total. The molecule has 0 N–H and O–H groups in total. The van der Waals surface area contributed by atoms with Crippen molar-refractivity contribution in [2.24, 2.45) is 0 Å². The Kier molecular flexibility index (Phi) is 1.15. The van der Waals surface area contributed by atoms with E-state index in [0.717, 1.165) is 17.0 Å². The summed E-state index contributed by atoms with van der Waals surface area (Å²) in [5.41, 5.74) is 1.94. The van der Waals surface area contributed by atoms with Crippen molar-refractivity contribution in [2.75, 3.05) is 0 Å². The molecule has 4 heteroatoms. The van der Waals surface area contributed by atoms with Gasteiger partial charge in [-0.15, -0.1) is 0 Å². The molecule has 0 saturated carbocycles. The summed E-state index contributed by atoms with van der Waals surface area (Å²) in [4.78, 5) is 8.21. The summed E-state index contributed by atoms with van der Waals surface area (Å²) in [6.07, 6.45) is 3.44. The molecule has 56 valence electrons. The Balaban J connectivity index is 2.90. The lowest BCUT2D eigenvalue weighted by molar-refractivity contribution is 0.894. The highest BCUT2D eigenvalue weighted by atomic mass is 15.3. The zero-order chi connectivity index (χ0) is 7.84. The topological polar surface area (TPSA) is 43.1 Å². The summed E-state index contributed by atoms with van der Waals surface area (Å²) in [5, 5.41) is 4.12. The molecule has 0 amide bonds. The van der Waals surface area contributed by atoms with Gasteiger partial charge in [0.25, 0.3) is 0 Å². The van der Waals surface area contributed by atoms with Crippen molar-refractivity contribution in [1.82, 2.24) is 19.6 Å². The molecule has 0 saturated heterocycles. The van der Waals surface area contributed by atoms with Crippen LogP contribution in [-0.4, -0.2) is 19.6 Å². The number of nitrogens with zero attached hydrogens (tertiary/aromatic N) is 4. The Labute approximate surface area is 63.9 Å². The van der Waals surface area contributed by atoms with E-state index in [1.54, 1.807) is 17.0 Å². The normalized spacial score (nSPS) is 10.7. The molecule has 0 aliphatic rings. The quantitative estimate of drug-likeness (QED) is 0.553. The van der Waals surface area contributed by atoms with E-state index in [1.807, 2.05) is 13.8 Å². The van der Waals surface area contributed by atoms with Crippen LogP contribution in [0.5, 0.6) is 0 Å². The minimum Gasteiger partial charge on any atom is -0.244 e. The van der Waals surface area contributed by atoms with Crippen molar-refractivity contribution in [3.63, 3.8) is 0 Å².